The maximum absolute atomic E-state index is 12.6. The van der Waals surface area contributed by atoms with Gasteiger partial charge in [0.2, 0.25) is 5.91 Å². The lowest BCUT2D eigenvalue weighted by Crippen LogP contribution is -2.12. The predicted molar refractivity (Wildman–Crippen MR) is 113 cm³/mol. The van der Waals surface area contributed by atoms with Crippen molar-refractivity contribution in [3.63, 3.8) is 0 Å². The lowest BCUT2D eigenvalue weighted by atomic mass is 10.2. The number of ether oxygens (including phenoxy) is 1. The van der Waals surface area contributed by atoms with E-state index in [0.717, 1.165) is 5.56 Å². The fourth-order valence-electron chi connectivity index (χ4n) is 2.90. The zero-order valence-electron chi connectivity index (χ0n) is 16.2. The summed E-state index contributed by atoms with van der Waals surface area (Å²) in [6.45, 7) is 1.83. The van der Waals surface area contributed by atoms with E-state index in [2.05, 4.69) is 15.6 Å². The highest BCUT2D eigenvalue weighted by Gasteiger charge is 2.13. The number of nitrogens with zero attached hydrogens (tertiary/aromatic N) is 1. The van der Waals surface area contributed by atoms with Crippen molar-refractivity contribution in [1.29, 1.82) is 0 Å². The molecule has 1 heterocycles. The Morgan fingerprint density at radius 3 is 2.60 bits per heavy atom. The van der Waals surface area contributed by atoms with Crippen LogP contribution in [-0.4, -0.2) is 16.8 Å². The number of carbonyl (C=O) groups is 2. The Hall–Kier alpha value is -4.13. The van der Waals surface area contributed by atoms with Crippen LogP contribution in [0.1, 0.15) is 22.8 Å². The van der Waals surface area contributed by atoms with Gasteiger partial charge in [0, 0.05) is 24.2 Å². The molecule has 2 amide bonds. The van der Waals surface area contributed by atoms with Gasteiger partial charge in [0.15, 0.2) is 5.58 Å². The van der Waals surface area contributed by atoms with E-state index < -0.39 is 0 Å². The van der Waals surface area contributed by atoms with Gasteiger partial charge in [-0.2, -0.15) is 4.98 Å². The first-order valence-corrected chi connectivity index (χ1v) is 9.33. The summed E-state index contributed by atoms with van der Waals surface area (Å²) in [6, 6.07) is 21.8. The van der Waals surface area contributed by atoms with Crippen molar-refractivity contribution >= 4 is 34.6 Å². The number of carbonyl (C=O) groups excluding carboxylic acids is 2. The number of hydrogen-bond donors (Lipinski definition) is 2. The minimum Gasteiger partial charge on any atom is -0.489 e. The van der Waals surface area contributed by atoms with Crippen LogP contribution < -0.4 is 15.4 Å². The molecule has 7 nitrogen and oxygen atoms in total. The van der Waals surface area contributed by atoms with E-state index in [1.54, 1.807) is 42.5 Å². The third kappa shape index (κ3) is 4.64. The van der Waals surface area contributed by atoms with E-state index in [-0.39, 0.29) is 17.8 Å². The molecule has 4 rings (SSSR count). The number of nitrogens with one attached hydrogen (secondary N) is 2. The smallest absolute Gasteiger partial charge is 0.302 e. The molecule has 0 saturated heterocycles. The zero-order chi connectivity index (χ0) is 20.9. The van der Waals surface area contributed by atoms with Gasteiger partial charge in [-0.05, 0) is 35.9 Å². The molecule has 0 fully saturated rings. The fourth-order valence-corrected chi connectivity index (χ4v) is 2.90. The molecule has 1 aromatic heterocycles. The largest absolute Gasteiger partial charge is 0.489 e. The molecular formula is C23H19N3O4. The van der Waals surface area contributed by atoms with Crippen molar-refractivity contribution in [2.75, 3.05) is 10.6 Å². The first-order valence-electron chi connectivity index (χ1n) is 9.33. The van der Waals surface area contributed by atoms with E-state index in [1.807, 2.05) is 30.3 Å². The van der Waals surface area contributed by atoms with Gasteiger partial charge < -0.3 is 14.5 Å². The lowest BCUT2D eigenvalue weighted by Gasteiger charge is -2.08. The highest BCUT2D eigenvalue weighted by molar-refractivity contribution is 6.03. The van der Waals surface area contributed by atoms with Crippen molar-refractivity contribution in [3.05, 3.63) is 83.9 Å². The molecule has 0 atom stereocenters. The standard InChI is InChI=1S/C23H19N3O4/c1-15(27)24-18-10-11-20-21(13-18)30-23(25-20)26-22(28)17-8-5-9-19(12-17)29-14-16-6-3-2-4-7-16/h2-13H,14H2,1H3,(H,24,27)(H,25,26,28). The minimum absolute atomic E-state index is 0.0746. The lowest BCUT2D eigenvalue weighted by molar-refractivity contribution is -0.114. The Balaban J connectivity index is 1.45. The molecule has 7 heteroatoms. The quantitative estimate of drug-likeness (QED) is 0.492. The molecule has 0 saturated carbocycles. The molecule has 0 spiro atoms. The van der Waals surface area contributed by atoms with Gasteiger partial charge in [-0.3, -0.25) is 14.9 Å². The SMILES string of the molecule is CC(=O)Nc1ccc2nc(NC(=O)c3cccc(OCc4ccccc4)c3)oc2c1. The summed E-state index contributed by atoms with van der Waals surface area (Å²) in [5.74, 6) is 0.0366. The Kier molecular flexibility index (Phi) is 5.43. The van der Waals surface area contributed by atoms with Gasteiger partial charge in [0.05, 0.1) is 0 Å². The van der Waals surface area contributed by atoms with Gasteiger partial charge >= 0.3 is 6.01 Å². The number of anilines is 2. The first-order chi connectivity index (χ1) is 14.6. The summed E-state index contributed by atoms with van der Waals surface area (Å²) >= 11 is 0. The summed E-state index contributed by atoms with van der Waals surface area (Å²) < 4.78 is 11.4. The molecule has 0 unspecified atom stereocenters. The summed E-state index contributed by atoms with van der Waals surface area (Å²) in [6.07, 6.45) is 0. The molecule has 3 aromatic carbocycles. The van der Waals surface area contributed by atoms with E-state index >= 15 is 0 Å². The molecule has 0 aliphatic heterocycles. The van der Waals surface area contributed by atoms with Crippen molar-refractivity contribution in [2.45, 2.75) is 13.5 Å². The average Bonchev–Trinajstić information content (AvgIpc) is 3.14. The Morgan fingerprint density at radius 2 is 1.80 bits per heavy atom. The maximum Gasteiger partial charge on any atom is 0.302 e. The van der Waals surface area contributed by atoms with Crippen LogP contribution in [0.15, 0.2) is 77.2 Å². The molecule has 4 aromatic rings. The van der Waals surface area contributed by atoms with Crippen LogP contribution in [-0.2, 0) is 11.4 Å². The third-order valence-electron chi connectivity index (χ3n) is 4.27. The Bertz CT molecular complexity index is 1200. The van der Waals surface area contributed by atoms with Crippen LogP contribution in [0.4, 0.5) is 11.7 Å². The first kappa shape index (κ1) is 19.2. The number of hydrogen-bond acceptors (Lipinski definition) is 5. The molecule has 0 radical (unpaired) electrons. The fraction of sp³-hybridized carbons (Fsp3) is 0.0870. The number of amides is 2. The van der Waals surface area contributed by atoms with E-state index in [0.29, 0.717) is 34.7 Å². The van der Waals surface area contributed by atoms with Gasteiger partial charge in [-0.25, -0.2) is 0 Å². The molecule has 0 aliphatic rings. The topological polar surface area (TPSA) is 93.5 Å². The second-order valence-electron chi connectivity index (χ2n) is 6.64. The van der Waals surface area contributed by atoms with Gasteiger partial charge in [0.25, 0.3) is 5.91 Å². The summed E-state index contributed by atoms with van der Waals surface area (Å²) in [7, 11) is 0. The molecule has 150 valence electrons. The highest BCUT2D eigenvalue weighted by Crippen LogP contribution is 2.23. The highest BCUT2D eigenvalue weighted by atomic mass is 16.5. The van der Waals surface area contributed by atoms with Crippen LogP contribution >= 0.6 is 0 Å². The van der Waals surface area contributed by atoms with Gasteiger partial charge in [-0.1, -0.05) is 36.4 Å². The van der Waals surface area contributed by atoms with Crippen LogP contribution in [0.25, 0.3) is 11.1 Å². The van der Waals surface area contributed by atoms with E-state index in [4.69, 9.17) is 9.15 Å². The number of aromatic nitrogens is 1. The van der Waals surface area contributed by atoms with Crippen molar-refractivity contribution in [1.82, 2.24) is 4.98 Å². The normalized spacial score (nSPS) is 10.6. The summed E-state index contributed by atoms with van der Waals surface area (Å²) in [5, 5.41) is 5.32. The van der Waals surface area contributed by atoms with Crippen LogP contribution in [0.5, 0.6) is 5.75 Å². The van der Waals surface area contributed by atoms with Crippen molar-refractivity contribution in [2.24, 2.45) is 0 Å². The third-order valence-corrected chi connectivity index (χ3v) is 4.27. The van der Waals surface area contributed by atoms with Crippen LogP contribution in [0.2, 0.25) is 0 Å². The number of oxazole rings is 1. The Morgan fingerprint density at radius 1 is 0.967 bits per heavy atom. The predicted octanol–water partition coefficient (Wildman–Crippen LogP) is 4.62. The summed E-state index contributed by atoms with van der Waals surface area (Å²) in [5.41, 5.74) is 3.07. The van der Waals surface area contributed by atoms with E-state index in [9.17, 15) is 9.59 Å². The molecule has 2 N–H and O–H groups in total. The zero-order valence-corrected chi connectivity index (χ0v) is 16.2. The summed E-state index contributed by atoms with van der Waals surface area (Å²) in [4.78, 5) is 28.0. The minimum atomic E-state index is -0.367. The molecular weight excluding hydrogens is 382 g/mol. The van der Waals surface area contributed by atoms with Crippen molar-refractivity contribution in [3.8, 4) is 5.75 Å². The molecule has 30 heavy (non-hydrogen) atoms. The van der Waals surface area contributed by atoms with E-state index in [1.165, 1.54) is 6.92 Å². The van der Waals surface area contributed by atoms with Crippen molar-refractivity contribution < 1.29 is 18.7 Å². The monoisotopic (exact) mass is 401 g/mol. The number of fused-ring (bicyclic) bond motifs is 1. The number of rotatable bonds is 6. The van der Waals surface area contributed by atoms with Gasteiger partial charge in [-0.15, -0.1) is 0 Å². The van der Waals surface area contributed by atoms with Gasteiger partial charge in [0.1, 0.15) is 17.9 Å². The van der Waals surface area contributed by atoms with Crippen LogP contribution in [0.3, 0.4) is 0 Å². The second-order valence-corrected chi connectivity index (χ2v) is 6.64. The molecule has 0 aliphatic carbocycles. The maximum atomic E-state index is 12.6. The average molecular weight is 401 g/mol. The second kappa shape index (κ2) is 8.48. The molecule has 0 bridgehead atoms. The van der Waals surface area contributed by atoms with Crippen LogP contribution in [0, 0.1) is 0 Å². The Labute approximate surface area is 172 Å². The number of benzene rings is 3.